The molecule has 1 spiro atoms. The molecule has 2 heterocycles. The van der Waals surface area contributed by atoms with Gasteiger partial charge in [-0.2, -0.15) is 4.98 Å². The molecule has 2 fully saturated rings. The Balaban J connectivity index is 1.06. The predicted molar refractivity (Wildman–Crippen MR) is 184 cm³/mol. The molecule has 7 heteroatoms. The molecule has 1 aliphatic carbocycles. The summed E-state index contributed by atoms with van der Waals surface area (Å²) in [7, 11) is 0. The Labute approximate surface area is 278 Å². The Morgan fingerprint density at radius 2 is 1.36 bits per heavy atom. The average Bonchev–Trinajstić information content (AvgIpc) is 3.08. The van der Waals surface area contributed by atoms with Gasteiger partial charge in [-0.1, -0.05) is 72.8 Å². The normalized spacial score (nSPS) is 16.4. The summed E-state index contributed by atoms with van der Waals surface area (Å²) < 4.78 is 24.3. The van der Waals surface area contributed by atoms with Crippen LogP contribution in [0.3, 0.4) is 0 Å². The van der Waals surface area contributed by atoms with Crippen LogP contribution in [0.4, 0.5) is 4.79 Å². The summed E-state index contributed by atoms with van der Waals surface area (Å²) in [5.41, 5.74) is 3.90. The van der Waals surface area contributed by atoms with E-state index in [1.807, 2.05) is 111 Å². The monoisotopic (exact) mass is 634 g/mol. The molecular formula is C40H46N2O5. The molecule has 4 aromatic rings. The molecule has 1 aliphatic heterocycles. The van der Waals surface area contributed by atoms with Gasteiger partial charge < -0.3 is 23.8 Å². The number of hydrogen-bond acceptors (Lipinski definition) is 6. The number of ether oxygens (including phenoxy) is 4. The van der Waals surface area contributed by atoms with Crippen molar-refractivity contribution in [3.05, 3.63) is 108 Å². The van der Waals surface area contributed by atoms with Crippen molar-refractivity contribution in [2.75, 3.05) is 13.1 Å². The second kappa shape index (κ2) is 14.5. The number of carbonyl (C=O) groups excluding carboxylic acids is 1. The molecule has 7 nitrogen and oxygen atoms in total. The fourth-order valence-corrected chi connectivity index (χ4v) is 6.51. The zero-order valence-corrected chi connectivity index (χ0v) is 27.8. The van der Waals surface area contributed by atoms with Gasteiger partial charge >= 0.3 is 6.09 Å². The van der Waals surface area contributed by atoms with Crippen LogP contribution in [0.25, 0.3) is 11.1 Å². The van der Waals surface area contributed by atoms with Crippen LogP contribution in [-0.2, 0) is 18.0 Å². The molecule has 3 aromatic carbocycles. The van der Waals surface area contributed by atoms with E-state index in [0.29, 0.717) is 30.4 Å². The first kappa shape index (κ1) is 32.4. The number of benzene rings is 3. The molecule has 1 saturated carbocycles. The Morgan fingerprint density at radius 1 is 0.766 bits per heavy atom. The van der Waals surface area contributed by atoms with Crippen LogP contribution in [0, 0.1) is 5.41 Å². The van der Waals surface area contributed by atoms with E-state index in [1.54, 1.807) is 0 Å². The highest BCUT2D eigenvalue weighted by Gasteiger charge is 2.40. The highest BCUT2D eigenvalue weighted by atomic mass is 16.6. The molecule has 0 atom stereocenters. The van der Waals surface area contributed by atoms with E-state index in [4.69, 9.17) is 23.9 Å². The van der Waals surface area contributed by atoms with Crippen molar-refractivity contribution < 1.29 is 23.7 Å². The summed E-state index contributed by atoms with van der Waals surface area (Å²) in [6, 6.07) is 32.3. The van der Waals surface area contributed by atoms with E-state index in [9.17, 15) is 4.79 Å². The first-order chi connectivity index (χ1) is 22.7. The minimum absolute atomic E-state index is 0.189. The quantitative estimate of drug-likeness (QED) is 0.183. The molecule has 1 saturated heterocycles. The van der Waals surface area contributed by atoms with Gasteiger partial charge in [0.1, 0.15) is 24.6 Å². The minimum Gasteiger partial charge on any atom is -0.490 e. The van der Waals surface area contributed by atoms with Crippen LogP contribution in [0.1, 0.15) is 70.4 Å². The number of carbonyl (C=O) groups is 1. The highest BCUT2D eigenvalue weighted by Crippen LogP contribution is 2.45. The smallest absolute Gasteiger partial charge is 0.410 e. The van der Waals surface area contributed by atoms with Crippen LogP contribution < -0.4 is 14.2 Å². The molecular weight excluding hydrogens is 588 g/mol. The maximum absolute atomic E-state index is 12.5. The maximum atomic E-state index is 12.5. The minimum atomic E-state index is -0.461. The van der Waals surface area contributed by atoms with Crippen LogP contribution in [0.5, 0.6) is 17.5 Å². The Morgan fingerprint density at radius 3 is 1.96 bits per heavy atom. The fraction of sp³-hybridized carbons (Fsp3) is 0.400. The Bertz CT molecular complexity index is 1580. The molecule has 1 amide bonds. The number of rotatable bonds is 9. The van der Waals surface area contributed by atoms with Crippen LogP contribution >= 0.6 is 0 Å². The Hall–Kier alpha value is -4.52. The number of piperidine rings is 1. The van der Waals surface area contributed by atoms with Crippen molar-refractivity contribution in [2.45, 2.75) is 84.2 Å². The summed E-state index contributed by atoms with van der Waals surface area (Å²) in [5.74, 6) is 1.92. The zero-order chi connectivity index (χ0) is 32.7. The average molecular weight is 635 g/mol. The van der Waals surface area contributed by atoms with E-state index in [-0.39, 0.29) is 12.2 Å². The predicted octanol–water partition coefficient (Wildman–Crippen LogP) is 9.25. The van der Waals surface area contributed by atoms with Gasteiger partial charge in [0, 0.05) is 24.7 Å². The van der Waals surface area contributed by atoms with Crippen LogP contribution in [0.2, 0.25) is 0 Å². The van der Waals surface area contributed by atoms with Crippen molar-refractivity contribution in [1.82, 2.24) is 9.88 Å². The second-order valence-electron chi connectivity index (χ2n) is 13.9. The third-order valence-corrected chi connectivity index (χ3v) is 9.22. The number of likely N-dealkylation sites (tertiary alicyclic amines) is 1. The molecule has 47 heavy (non-hydrogen) atoms. The van der Waals surface area contributed by atoms with Crippen molar-refractivity contribution in [2.24, 2.45) is 5.41 Å². The van der Waals surface area contributed by atoms with Gasteiger partial charge in [-0.05, 0) is 99.6 Å². The van der Waals surface area contributed by atoms with E-state index >= 15 is 0 Å². The standard InChI is InChI=1S/C40H46N2O5/c1-39(2,3)47-38(43)42-26-24-40(25-27-42)22-20-34(21-23-40)46-33-16-14-32(15-17-33)35-18-19-36(44-28-30-10-6-4-7-11-30)41-37(35)45-29-31-12-8-5-9-13-31/h4-19,34H,20-29H2,1-3H3. The largest absolute Gasteiger partial charge is 0.490 e. The lowest BCUT2D eigenvalue weighted by Gasteiger charge is -2.45. The highest BCUT2D eigenvalue weighted by molar-refractivity contribution is 5.70. The van der Waals surface area contributed by atoms with Gasteiger partial charge in [0.15, 0.2) is 0 Å². The molecule has 1 aromatic heterocycles. The maximum Gasteiger partial charge on any atom is 0.410 e. The lowest BCUT2D eigenvalue weighted by Crippen LogP contribution is -2.46. The third kappa shape index (κ3) is 8.85. The van der Waals surface area contributed by atoms with E-state index in [0.717, 1.165) is 79.6 Å². The number of aromatic nitrogens is 1. The van der Waals surface area contributed by atoms with Crippen molar-refractivity contribution >= 4 is 6.09 Å². The van der Waals surface area contributed by atoms with E-state index in [1.165, 1.54) is 0 Å². The van der Waals surface area contributed by atoms with Gasteiger partial charge in [-0.25, -0.2) is 4.79 Å². The molecule has 0 radical (unpaired) electrons. The molecule has 2 aliphatic rings. The lowest BCUT2D eigenvalue weighted by molar-refractivity contribution is -0.00465. The first-order valence-corrected chi connectivity index (χ1v) is 16.8. The number of pyridine rings is 1. The zero-order valence-electron chi connectivity index (χ0n) is 27.8. The number of amides is 1. The van der Waals surface area contributed by atoms with Gasteiger partial charge in [0.25, 0.3) is 0 Å². The topological polar surface area (TPSA) is 70.1 Å². The molecule has 0 bridgehead atoms. The SMILES string of the molecule is CC(C)(C)OC(=O)N1CCC2(CCC(Oc3ccc(-c4ccc(OCc5ccccc5)nc4OCc4ccccc4)cc3)CC2)CC1. The van der Waals surface area contributed by atoms with Crippen molar-refractivity contribution in [3.8, 4) is 28.6 Å². The van der Waals surface area contributed by atoms with E-state index < -0.39 is 5.60 Å². The summed E-state index contributed by atoms with van der Waals surface area (Å²) in [4.78, 5) is 19.2. The second-order valence-corrected chi connectivity index (χ2v) is 13.9. The van der Waals surface area contributed by atoms with Gasteiger partial charge in [-0.3, -0.25) is 0 Å². The van der Waals surface area contributed by atoms with Crippen molar-refractivity contribution in [3.63, 3.8) is 0 Å². The summed E-state index contributed by atoms with van der Waals surface area (Å²) in [6.45, 7) is 8.14. The van der Waals surface area contributed by atoms with E-state index in [2.05, 4.69) is 12.1 Å². The molecule has 0 N–H and O–H groups in total. The van der Waals surface area contributed by atoms with Gasteiger partial charge in [0.2, 0.25) is 11.8 Å². The summed E-state index contributed by atoms with van der Waals surface area (Å²) in [6.07, 6.45) is 6.39. The molecule has 246 valence electrons. The lowest BCUT2D eigenvalue weighted by atomic mass is 9.67. The third-order valence-electron chi connectivity index (χ3n) is 9.22. The number of nitrogens with zero attached hydrogens (tertiary/aromatic N) is 2. The first-order valence-electron chi connectivity index (χ1n) is 16.8. The molecule has 6 rings (SSSR count). The van der Waals surface area contributed by atoms with Crippen LogP contribution in [0.15, 0.2) is 97.1 Å². The summed E-state index contributed by atoms with van der Waals surface area (Å²) >= 11 is 0. The summed E-state index contributed by atoms with van der Waals surface area (Å²) in [5, 5.41) is 0. The molecule has 0 unspecified atom stereocenters. The van der Waals surface area contributed by atoms with Gasteiger partial charge in [-0.15, -0.1) is 0 Å². The number of hydrogen-bond donors (Lipinski definition) is 0. The fourth-order valence-electron chi connectivity index (χ4n) is 6.51. The Kier molecular flexibility index (Phi) is 10.00. The van der Waals surface area contributed by atoms with Gasteiger partial charge in [0.05, 0.1) is 6.10 Å². The van der Waals surface area contributed by atoms with Crippen molar-refractivity contribution in [1.29, 1.82) is 0 Å². The van der Waals surface area contributed by atoms with Crippen LogP contribution in [-0.4, -0.2) is 40.8 Å².